The topological polar surface area (TPSA) is 61.7 Å². The predicted molar refractivity (Wildman–Crippen MR) is 64.5 cm³/mol. The van der Waals surface area contributed by atoms with Crippen molar-refractivity contribution in [2.24, 2.45) is 0 Å². The molecule has 9 heteroatoms. The average Bonchev–Trinajstić information content (AvgIpc) is 2.41. The van der Waals surface area contributed by atoms with Gasteiger partial charge in [-0.05, 0) is 18.2 Å². The van der Waals surface area contributed by atoms with Crippen LogP contribution in [0, 0.1) is 0 Å². The van der Waals surface area contributed by atoms with Crippen molar-refractivity contribution in [3.8, 4) is 5.75 Å². The molecular weight excluding hydrogens is 301 g/mol. The van der Waals surface area contributed by atoms with Crippen LogP contribution in [0.25, 0.3) is 0 Å². The summed E-state index contributed by atoms with van der Waals surface area (Å²) in [6, 6.07) is 2.30. The maximum atomic E-state index is 12.6. The monoisotopic (exact) mass is 315 g/mol. The van der Waals surface area contributed by atoms with Crippen LogP contribution in [0.15, 0.2) is 18.2 Å². The molecule has 21 heavy (non-hydrogen) atoms. The first kappa shape index (κ1) is 17.4. The van der Waals surface area contributed by atoms with Gasteiger partial charge in [0, 0.05) is 6.54 Å². The van der Waals surface area contributed by atoms with Gasteiger partial charge < -0.3 is 20.3 Å². The van der Waals surface area contributed by atoms with E-state index in [0.29, 0.717) is 12.1 Å². The van der Waals surface area contributed by atoms with Crippen molar-refractivity contribution in [1.82, 2.24) is 0 Å². The third-order valence-corrected chi connectivity index (χ3v) is 2.41. The molecule has 0 spiro atoms. The van der Waals surface area contributed by atoms with E-state index in [4.69, 9.17) is 14.9 Å². The van der Waals surface area contributed by atoms with Crippen molar-refractivity contribution >= 4 is 5.69 Å². The minimum Gasteiger partial charge on any atom is -0.485 e. The van der Waals surface area contributed by atoms with Crippen LogP contribution >= 0.6 is 0 Å². The molecule has 1 rings (SSSR count). The van der Waals surface area contributed by atoms with Gasteiger partial charge in [-0.25, -0.2) is 8.78 Å². The molecule has 0 bridgehead atoms. The lowest BCUT2D eigenvalue weighted by Gasteiger charge is -2.17. The van der Waals surface area contributed by atoms with Crippen molar-refractivity contribution in [2.45, 2.75) is 18.7 Å². The van der Waals surface area contributed by atoms with E-state index in [1.54, 1.807) is 0 Å². The summed E-state index contributed by atoms with van der Waals surface area (Å²) in [6.07, 6.45) is -8.58. The molecule has 4 nitrogen and oxygen atoms in total. The highest BCUT2D eigenvalue weighted by molar-refractivity contribution is 5.58. The fourth-order valence-electron chi connectivity index (χ4n) is 1.42. The Bertz CT molecular complexity index is 453. The summed E-state index contributed by atoms with van der Waals surface area (Å²) in [7, 11) is 0. The Kier molecular flexibility index (Phi) is 6.16. The second-order valence-corrected chi connectivity index (χ2v) is 4.13. The van der Waals surface area contributed by atoms with Gasteiger partial charge in [0.2, 0.25) is 0 Å². The van der Waals surface area contributed by atoms with Crippen LogP contribution in [0.4, 0.5) is 27.6 Å². The van der Waals surface area contributed by atoms with E-state index >= 15 is 0 Å². The molecule has 0 aromatic heterocycles. The van der Waals surface area contributed by atoms with E-state index in [1.807, 2.05) is 0 Å². The van der Waals surface area contributed by atoms with Gasteiger partial charge >= 0.3 is 6.18 Å². The number of hydrogen-bond acceptors (Lipinski definition) is 4. The molecule has 0 saturated carbocycles. The van der Waals surface area contributed by atoms with Gasteiger partial charge in [0.15, 0.2) is 0 Å². The van der Waals surface area contributed by atoms with Gasteiger partial charge in [-0.1, -0.05) is 0 Å². The molecule has 0 fully saturated rings. The molecule has 3 N–H and O–H groups in total. The van der Waals surface area contributed by atoms with E-state index in [-0.39, 0.29) is 18.0 Å². The number of alkyl halides is 5. The summed E-state index contributed by atoms with van der Waals surface area (Å²) in [4.78, 5) is 0. The zero-order chi connectivity index (χ0) is 16.0. The fraction of sp³-hybridized carbons (Fsp3) is 0.500. The predicted octanol–water partition coefficient (Wildman–Crippen LogP) is 2.11. The normalized spacial score (nSPS) is 13.3. The van der Waals surface area contributed by atoms with Crippen LogP contribution in [-0.4, -0.2) is 42.5 Å². The highest BCUT2D eigenvalue weighted by Gasteiger charge is 2.31. The first-order valence-corrected chi connectivity index (χ1v) is 5.89. The molecule has 0 saturated heterocycles. The average molecular weight is 315 g/mol. The first-order chi connectivity index (χ1) is 9.74. The summed E-state index contributed by atoms with van der Waals surface area (Å²) in [5, 5.41) is 20.2. The molecule has 1 unspecified atom stereocenters. The Balaban J connectivity index is 2.94. The van der Waals surface area contributed by atoms with Crippen molar-refractivity contribution in [3.63, 3.8) is 0 Å². The Morgan fingerprint density at radius 3 is 2.43 bits per heavy atom. The molecule has 0 aliphatic rings. The Hall–Kier alpha value is -1.61. The standard InChI is InChI=1S/C12H14F5NO3/c13-11(14)6-21-10-2-1-7(12(15,16)17)3-9(10)18-4-8(20)5-19/h1-3,8,11,18-20H,4-6H2. The smallest absolute Gasteiger partial charge is 0.416 e. The molecular formula is C12H14F5NO3. The summed E-state index contributed by atoms with van der Waals surface area (Å²) in [5.74, 6) is -0.201. The lowest BCUT2D eigenvalue weighted by atomic mass is 10.1. The number of aliphatic hydroxyl groups is 2. The summed E-state index contributed by atoms with van der Waals surface area (Å²) in [5.41, 5.74) is -1.19. The molecule has 1 aromatic rings. The van der Waals surface area contributed by atoms with E-state index in [2.05, 4.69) is 5.32 Å². The third kappa shape index (κ3) is 5.72. The van der Waals surface area contributed by atoms with Crippen molar-refractivity contribution < 1.29 is 36.9 Å². The molecule has 1 aromatic carbocycles. The van der Waals surface area contributed by atoms with Crippen LogP contribution in [0.3, 0.4) is 0 Å². The van der Waals surface area contributed by atoms with Crippen molar-refractivity contribution in [1.29, 1.82) is 0 Å². The van der Waals surface area contributed by atoms with Crippen molar-refractivity contribution in [2.75, 3.05) is 25.1 Å². The maximum absolute atomic E-state index is 12.6. The van der Waals surface area contributed by atoms with Crippen LogP contribution in [0.2, 0.25) is 0 Å². The Labute approximate surface area is 117 Å². The first-order valence-electron chi connectivity index (χ1n) is 5.89. The van der Waals surface area contributed by atoms with Gasteiger partial charge in [-0.15, -0.1) is 0 Å². The number of anilines is 1. The van der Waals surface area contributed by atoms with Crippen LogP contribution in [0.1, 0.15) is 5.56 Å². The Morgan fingerprint density at radius 1 is 1.24 bits per heavy atom. The number of halogens is 5. The van der Waals surface area contributed by atoms with Crippen molar-refractivity contribution in [3.05, 3.63) is 23.8 Å². The van der Waals surface area contributed by atoms with Gasteiger partial charge in [-0.2, -0.15) is 13.2 Å². The second kappa shape index (κ2) is 7.41. The lowest BCUT2D eigenvalue weighted by Crippen LogP contribution is -2.23. The molecule has 0 amide bonds. The highest BCUT2D eigenvalue weighted by Crippen LogP contribution is 2.35. The zero-order valence-electron chi connectivity index (χ0n) is 10.7. The number of rotatable bonds is 7. The molecule has 0 heterocycles. The molecule has 0 aliphatic heterocycles. The number of nitrogens with one attached hydrogen (secondary N) is 1. The lowest BCUT2D eigenvalue weighted by molar-refractivity contribution is -0.137. The zero-order valence-corrected chi connectivity index (χ0v) is 10.7. The summed E-state index contributed by atoms with van der Waals surface area (Å²) in [6.45, 7) is -1.83. The SMILES string of the molecule is OCC(O)CNc1cc(C(F)(F)F)ccc1OCC(F)F. The molecule has 0 radical (unpaired) electrons. The largest absolute Gasteiger partial charge is 0.485 e. The number of ether oxygens (including phenoxy) is 1. The molecule has 1 atom stereocenters. The number of aliphatic hydroxyl groups excluding tert-OH is 2. The maximum Gasteiger partial charge on any atom is 0.416 e. The third-order valence-electron chi connectivity index (χ3n) is 2.41. The fourth-order valence-corrected chi connectivity index (χ4v) is 1.42. The van der Waals surface area contributed by atoms with Crippen LogP contribution in [0.5, 0.6) is 5.75 Å². The summed E-state index contributed by atoms with van der Waals surface area (Å²) < 4.78 is 66.7. The van der Waals surface area contributed by atoms with E-state index in [9.17, 15) is 22.0 Å². The van der Waals surface area contributed by atoms with Gasteiger partial charge in [0.1, 0.15) is 12.4 Å². The minimum absolute atomic E-state index is 0.196. The van der Waals surface area contributed by atoms with Crippen LogP contribution < -0.4 is 10.1 Å². The van der Waals surface area contributed by atoms with Gasteiger partial charge in [-0.3, -0.25) is 0 Å². The van der Waals surface area contributed by atoms with Gasteiger partial charge in [0.25, 0.3) is 6.43 Å². The quantitative estimate of drug-likeness (QED) is 0.675. The number of hydrogen-bond donors (Lipinski definition) is 3. The number of benzene rings is 1. The van der Waals surface area contributed by atoms with E-state index in [1.165, 1.54) is 0 Å². The Morgan fingerprint density at radius 2 is 1.90 bits per heavy atom. The highest BCUT2D eigenvalue weighted by atomic mass is 19.4. The molecule has 0 aliphatic carbocycles. The van der Waals surface area contributed by atoms with E-state index < -0.39 is 37.5 Å². The van der Waals surface area contributed by atoms with Gasteiger partial charge in [0.05, 0.1) is 24.0 Å². The van der Waals surface area contributed by atoms with E-state index in [0.717, 1.165) is 6.07 Å². The summed E-state index contributed by atoms with van der Waals surface area (Å²) >= 11 is 0. The molecule has 120 valence electrons. The minimum atomic E-state index is -4.60. The van der Waals surface area contributed by atoms with Crippen LogP contribution in [-0.2, 0) is 6.18 Å². The second-order valence-electron chi connectivity index (χ2n) is 4.13.